The van der Waals surface area contributed by atoms with Crippen LogP contribution in [0.2, 0.25) is 0 Å². The van der Waals surface area contributed by atoms with Crippen molar-refractivity contribution in [1.29, 1.82) is 0 Å². The fourth-order valence-corrected chi connectivity index (χ4v) is 3.47. The van der Waals surface area contributed by atoms with Crippen LogP contribution in [0.1, 0.15) is 22.3 Å². The van der Waals surface area contributed by atoms with E-state index in [0.717, 1.165) is 46.8 Å². The predicted octanol–water partition coefficient (Wildman–Crippen LogP) is 4.40. The second-order valence-electron chi connectivity index (χ2n) is 7.51. The molecule has 162 valence electrons. The van der Waals surface area contributed by atoms with Crippen molar-refractivity contribution in [2.24, 2.45) is 9.98 Å². The molecule has 0 aliphatic carbocycles. The van der Waals surface area contributed by atoms with Crippen LogP contribution in [0, 0.1) is 0 Å². The van der Waals surface area contributed by atoms with Crippen molar-refractivity contribution in [3.05, 3.63) is 95.1 Å². The van der Waals surface area contributed by atoms with Crippen molar-refractivity contribution in [1.82, 2.24) is 0 Å². The Morgan fingerprint density at radius 1 is 0.562 bits per heavy atom. The van der Waals surface area contributed by atoms with Crippen molar-refractivity contribution < 1.29 is 18.9 Å². The van der Waals surface area contributed by atoms with Crippen molar-refractivity contribution >= 4 is 11.8 Å². The van der Waals surface area contributed by atoms with Crippen molar-refractivity contribution in [3.8, 4) is 11.5 Å². The molecule has 6 heteroatoms. The molecule has 0 amide bonds. The van der Waals surface area contributed by atoms with Crippen LogP contribution in [-0.4, -0.2) is 38.1 Å². The van der Waals surface area contributed by atoms with Gasteiger partial charge in [0.2, 0.25) is 11.8 Å². The van der Waals surface area contributed by atoms with E-state index >= 15 is 0 Å². The molecule has 0 fully saturated rings. The number of nitrogens with zero attached hydrogens (tertiary/aromatic N) is 2. The summed E-state index contributed by atoms with van der Waals surface area (Å²) in [4.78, 5) is 8.65. The highest BCUT2D eigenvalue weighted by atomic mass is 16.5. The summed E-state index contributed by atoms with van der Waals surface area (Å²) < 4.78 is 22.8. The van der Waals surface area contributed by atoms with Crippen LogP contribution >= 0.6 is 0 Å². The summed E-state index contributed by atoms with van der Waals surface area (Å²) in [6, 6.07) is 23.9. The Labute approximate surface area is 187 Å². The Morgan fingerprint density at radius 3 is 1.31 bits per heavy atom. The first-order chi connectivity index (χ1) is 15.8. The van der Waals surface area contributed by atoms with Gasteiger partial charge in [-0.05, 0) is 59.7 Å². The fraction of sp³-hybridized carbons (Fsp3) is 0.231. The Hall–Kier alpha value is -3.80. The molecule has 3 aromatic carbocycles. The first-order valence-electron chi connectivity index (χ1n) is 10.7. The summed E-state index contributed by atoms with van der Waals surface area (Å²) >= 11 is 0. The Kier molecular flexibility index (Phi) is 6.01. The molecule has 0 saturated heterocycles. The molecule has 0 radical (unpaired) electrons. The molecule has 0 saturated carbocycles. The van der Waals surface area contributed by atoms with Gasteiger partial charge in [-0.1, -0.05) is 24.3 Å². The minimum atomic E-state index is 0.505. The predicted molar refractivity (Wildman–Crippen MR) is 123 cm³/mol. The summed E-state index contributed by atoms with van der Waals surface area (Å²) in [5.41, 5.74) is 4.16. The van der Waals surface area contributed by atoms with E-state index in [2.05, 4.69) is 34.3 Å². The molecule has 0 N–H and O–H groups in total. The number of rotatable bonds is 8. The SMILES string of the molecule is c1cc(COc2ccc(C3=NCCO3)cc2)ccc1COc1ccc(C2=NCCO2)cc1. The molecule has 0 atom stereocenters. The number of benzene rings is 3. The third-order valence-corrected chi connectivity index (χ3v) is 5.21. The summed E-state index contributed by atoms with van der Waals surface area (Å²) in [6.45, 7) is 3.79. The first-order valence-corrected chi connectivity index (χ1v) is 10.7. The molecule has 0 unspecified atom stereocenters. The topological polar surface area (TPSA) is 61.6 Å². The smallest absolute Gasteiger partial charge is 0.216 e. The van der Waals surface area contributed by atoms with E-state index in [4.69, 9.17) is 18.9 Å². The lowest BCUT2D eigenvalue weighted by Gasteiger charge is -2.10. The lowest BCUT2D eigenvalue weighted by molar-refractivity contribution is 0.302. The second-order valence-corrected chi connectivity index (χ2v) is 7.51. The Balaban J connectivity index is 1.10. The third kappa shape index (κ3) is 4.91. The van der Waals surface area contributed by atoms with Crippen LogP contribution in [0.3, 0.4) is 0 Å². The maximum absolute atomic E-state index is 5.90. The van der Waals surface area contributed by atoms with Gasteiger partial charge in [0, 0.05) is 11.1 Å². The van der Waals surface area contributed by atoms with Gasteiger partial charge in [0.25, 0.3) is 0 Å². The van der Waals surface area contributed by atoms with Gasteiger partial charge in [-0.3, -0.25) is 0 Å². The summed E-state index contributed by atoms with van der Waals surface area (Å²) in [5, 5.41) is 0. The van der Waals surface area contributed by atoms with Crippen molar-refractivity contribution in [2.75, 3.05) is 26.3 Å². The summed E-state index contributed by atoms with van der Waals surface area (Å²) in [7, 11) is 0. The Morgan fingerprint density at radius 2 is 0.969 bits per heavy atom. The van der Waals surface area contributed by atoms with Crippen molar-refractivity contribution in [2.45, 2.75) is 13.2 Å². The molecule has 2 aliphatic rings. The molecule has 5 rings (SSSR count). The highest BCUT2D eigenvalue weighted by Crippen LogP contribution is 2.18. The standard InChI is InChI=1S/C26H24N2O4/c1-2-20(18-32-24-11-7-22(8-12-24)26-28-14-16-30-26)4-3-19(1)17-31-23-9-5-21(6-10-23)25-27-13-15-29-25/h1-12H,13-18H2. The van der Waals surface area contributed by atoms with E-state index in [1.54, 1.807) is 0 Å². The lowest BCUT2D eigenvalue weighted by Crippen LogP contribution is -2.02. The number of hydrogen-bond acceptors (Lipinski definition) is 6. The molecule has 0 aromatic heterocycles. The van der Waals surface area contributed by atoms with E-state index in [1.807, 2.05) is 48.5 Å². The molecule has 0 spiro atoms. The maximum atomic E-state index is 5.90. The zero-order valence-corrected chi connectivity index (χ0v) is 17.7. The van der Waals surface area contributed by atoms with Crippen LogP contribution in [0.5, 0.6) is 11.5 Å². The van der Waals surface area contributed by atoms with Crippen LogP contribution in [-0.2, 0) is 22.7 Å². The number of aliphatic imine (C=N–C) groups is 2. The van der Waals surface area contributed by atoms with Gasteiger partial charge in [0.1, 0.15) is 37.9 Å². The molecule has 3 aromatic rings. The van der Waals surface area contributed by atoms with Crippen LogP contribution in [0.15, 0.2) is 82.8 Å². The second kappa shape index (κ2) is 9.56. The van der Waals surface area contributed by atoms with E-state index in [0.29, 0.717) is 38.2 Å². The minimum absolute atomic E-state index is 0.505. The average molecular weight is 428 g/mol. The van der Waals surface area contributed by atoms with Crippen LogP contribution < -0.4 is 9.47 Å². The Bertz CT molecular complexity index is 1010. The van der Waals surface area contributed by atoms with E-state index in [9.17, 15) is 0 Å². The van der Waals surface area contributed by atoms with Crippen LogP contribution in [0.25, 0.3) is 0 Å². The number of hydrogen-bond donors (Lipinski definition) is 0. The van der Waals surface area contributed by atoms with Gasteiger partial charge in [-0.2, -0.15) is 0 Å². The zero-order chi connectivity index (χ0) is 21.6. The van der Waals surface area contributed by atoms with E-state index in [-0.39, 0.29) is 0 Å². The first kappa shape index (κ1) is 20.1. The van der Waals surface area contributed by atoms with Gasteiger partial charge in [0.05, 0.1) is 13.1 Å². The van der Waals surface area contributed by atoms with E-state index < -0.39 is 0 Å². The quantitative estimate of drug-likeness (QED) is 0.534. The van der Waals surface area contributed by atoms with Gasteiger partial charge in [0.15, 0.2) is 0 Å². The number of ether oxygens (including phenoxy) is 4. The molecular weight excluding hydrogens is 404 g/mol. The van der Waals surface area contributed by atoms with Gasteiger partial charge < -0.3 is 18.9 Å². The van der Waals surface area contributed by atoms with E-state index in [1.165, 1.54) is 0 Å². The molecular formula is C26H24N2O4. The molecule has 6 nitrogen and oxygen atoms in total. The van der Waals surface area contributed by atoms with Crippen LogP contribution in [0.4, 0.5) is 0 Å². The zero-order valence-electron chi connectivity index (χ0n) is 17.7. The third-order valence-electron chi connectivity index (χ3n) is 5.21. The van der Waals surface area contributed by atoms with Gasteiger partial charge in [-0.25, -0.2) is 9.98 Å². The largest absolute Gasteiger partial charge is 0.489 e. The monoisotopic (exact) mass is 428 g/mol. The maximum Gasteiger partial charge on any atom is 0.216 e. The highest BCUT2D eigenvalue weighted by Gasteiger charge is 2.11. The minimum Gasteiger partial charge on any atom is -0.489 e. The molecule has 32 heavy (non-hydrogen) atoms. The highest BCUT2D eigenvalue weighted by molar-refractivity contribution is 5.95. The average Bonchev–Trinajstić information content (AvgIpc) is 3.58. The lowest BCUT2D eigenvalue weighted by atomic mass is 10.1. The normalized spacial score (nSPS) is 14.9. The summed E-state index contributed by atoms with van der Waals surface area (Å²) in [5.74, 6) is 3.06. The summed E-state index contributed by atoms with van der Waals surface area (Å²) in [6.07, 6.45) is 0. The van der Waals surface area contributed by atoms with Crippen molar-refractivity contribution in [3.63, 3.8) is 0 Å². The fourth-order valence-electron chi connectivity index (χ4n) is 3.47. The molecule has 0 bridgehead atoms. The molecule has 2 heterocycles. The van der Waals surface area contributed by atoms with Gasteiger partial charge in [-0.15, -0.1) is 0 Å². The molecule has 2 aliphatic heterocycles. The van der Waals surface area contributed by atoms with Gasteiger partial charge >= 0.3 is 0 Å².